The molecule has 0 aliphatic heterocycles. The first-order chi connectivity index (χ1) is 9.11. The van der Waals surface area contributed by atoms with E-state index in [1.165, 1.54) is 0 Å². The lowest BCUT2D eigenvalue weighted by Gasteiger charge is -2.27. The van der Waals surface area contributed by atoms with Gasteiger partial charge in [-0.25, -0.2) is 4.79 Å². The molecule has 0 spiro atoms. The smallest absolute Gasteiger partial charge is 0.337 e. The third-order valence-corrected chi connectivity index (χ3v) is 3.40. The molecule has 0 amide bonds. The minimum Gasteiger partial charge on any atom is -0.478 e. The van der Waals surface area contributed by atoms with Crippen molar-refractivity contribution < 1.29 is 9.90 Å². The van der Waals surface area contributed by atoms with Gasteiger partial charge in [-0.1, -0.05) is 44.4 Å². The first-order valence-electron chi connectivity index (χ1n) is 6.88. The van der Waals surface area contributed by atoms with E-state index in [1.807, 2.05) is 0 Å². The molecule has 0 unspecified atom stereocenters. The minimum absolute atomic E-state index is 0.291. The number of para-hydroxylation sites is 1. The Labute approximate surface area is 120 Å². The van der Waals surface area contributed by atoms with Gasteiger partial charge in [0.15, 0.2) is 0 Å². The van der Waals surface area contributed by atoms with Gasteiger partial charge in [0.1, 0.15) is 0 Å². The van der Waals surface area contributed by atoms with Crippen molar-refractivity contribution in [3.05, 3.63) is 28.8 Å². The van der Waals surface area contributed by atoms with Crippen LogP contribution in [0.1, 0.15) is 49.9 Å². The van der Waals surface area contributed by atoms with Crippen LogP contribution in [-0.4, -0.2) is 24.2 Å². The monoisotopic (exact) mass is 283 g/mol. The van der Waals surface area contributed by atoms with E-state index >= 15 is 0 Å². The van der Waals surface area contributed by atoms with E-state index in [4.69, 9.17) is 11.6 Å². The third-order valence-electron chi connectivity index (χ3n) is 3.10. The van der Waals surface area contributed by atoms with Crippen LogP contribution < -0.4 is 4.90 Å². The van der Waals surface area contributed by atoms with E-state index in [0.29, 0.717) is 16.3 Å². The zero-order chi connectivity index (χ0) is 14.3. The maximum atomic E-state index is 11.3. The number of rotatable bonds is 8. The summed E-state index contributed by atoms with van der Waals surface area (Å²) in [5.41, 5.74) is 0.957. The van der Waals surface area contributed by atoms with Crippen LogP contribution in [0.3, 0.4) is 0 Å². The van der Waals surface area contributed by atoms with E-state index in [0.717, 1.165) is 38.8 Å². The van der Waals surface area contributed by atoms with Crippen LogP contribution in [-0.2, 0) is 0 Å². The molecule has 0 aromatic heterocycles. The average molecular weight is 284 g/mol. The molecule has 0 fully saturated rings. The van der Waals surface area contributed by atoms with Crippen molar-refractivity contribution in [3.8, 4) is 0 Å². The van der Waals surface area contributed by atoms with Crippen LogP contribution in [0.5, 0.6) is 0 Å². The highest BCUT2D eigenvalue weighted by Gasteiger charge is 2.18. The molecule has 4 heteroatoms. The van der Waals surface area contributed by atoms with Gasteiger partial charge in [-0.05, 0) is 25.0 Å². The lowest BCUT2D eigenvalue weighted by Crippen LogP contribution is -2.27. The average Bonchev–Trinajstić information content (AvgIpc) is 2.39. The van der Waals surface area contributed by atoms with Crippen LogP contribution in [0.2, 0.25) is 5.02 Å². The molecule has 0 aliphatic rings. The topological polar surface area (TPSA) is 40.5 Å². The molecule has 0 bridgehead atoms. The second-order valence-corrected chi connectivity index (χ2v) is 5.04. The van der Waals surface area contributed by atoms with Gasteiger partial charge in [-0.2, -0.15) is 0 Å². The molecule has 0 heterocycles. The number of carbonyl (C=O) groups is 1. The Morgan fingerprint density at radius 3 is 2.26 bits per heavy atom. The van der Waals surface area contributed by atoms with E-state index in [9.17, 15) is 9.90 Å². The Morgan fingerprint density at radius 1 is 1.21 bits per heavy atom. The fourth-order valence-corrected chi connectivity index (χ4v) is 2.34. The van der Waals surface area contributed by atoms with Crippen molar-refractivity contribution >= 4 is 23.3 Å². The molecule has 1 N–H and O–H groups in total. The highest BCUT2D eigenvalue weighted by Crippen LogP contribution is 2.30. The van der Waals surface area contributed by atoms with Crippen molar-refractivity contribution in [1.82, 2.24) is 0 Å². The number of benzene rings is 1. The van der Waals surface area contributed by atoms with Gasteiger partial charge in [0.05, 0.1) is 16.3 Å². The Hall–Kier alpha value is -1.22. The van der Waals surface area contributed by atoms with Crippen LogP contribution in [0.25, 0.3) is 0 Å². The first kappa shape index (κ1) is 15.8. The number of hydrogen-bond donors (Lipinski definition) is 1. The van der Waals surface area contributed by atoms with Crippen molar-refractivity contribution in [1.29, 1.82) is 0 Å². The van der Waals surface area contributed by atoms with Gasteiger partial charge >= 0.3 is 5.97 Å². The summed E-state index contributed by atoms with van der Waals surface area (Å²) in [6.45, 7) is 5.95. The van der Waals surface area contributed by atoms with Crippen LogP contribution in [0.4, 0.5) is 5.69 Å². The second kappa shape index (κ2) is 8.05. The summed E-state index contributed by atoms with van der Waals surface area (Å²) in [6.07, 6.45) is 4.23. The van der Waals surface area contributed by atoms with Gasteiger partial charge in [0, 0.05) is 13.1 Å². The molecule has 0 atom stereocenters. The van der Waals surface area contributed by atoms with Crippen molar-refractivity contribution in [2.45, 2.75) is 39.5 Å². The number of carboxylic acid groups (broad SMARTS) is 1. The number of aromatic carboxylic acids is 1. The SMILES string of the molecule is CCCCN(CCCC)c1c(Cl)cccc1C(=O)O. The molecular formula is C15H22ClNO2. The van der Waals surface area contributed by atoms with Gasteiger partial charge in [0.25, 0.3) is 0 Å². The predicted molar refractivity (Wildman–Crippen MR) is 80.4 cm³/mol. The number of carboxylic acids is 1. The molecule has 1 rings (SSSR count). The molecule has 106 valence electrons. The summed E-state index contributed by atoms with van der Waals surface area (Å²) < 4.78 is 0. The summed E-state index contributed by atoms with van der Waals surface area (Å²) >= 11 is 6.22. The largest absolute Gasteiger partial charge is 0.478 e. The van der Waals surface area contributed by atoms with Gasteiger partial charge < -0.3 is 10.0 Å². The number of unbranched alkanes of at least 4 members (excludes halogenated alkanes) is 2. The summed E-state index contributed by atoms with van der Waals surface area (Å²) in [7, 11) is 0. The summed E-state index contributed by atoms with van der Waals surface area (Å²) in [5, 5.41) is 9.82. The molecule has 0 aliphatic carbocycles. The lowest BCUT2D eigenvalue weighted by molar-refractivity contribution is 0.0697. The lowest BCUT2D eigenvalue weighted by atomic mass is 10.1. The normalized spacial score (nSPS) is 10.5. The van der Waals surface area contributed by atoms with Crippen molar-refractivity contribution in [2.24, 2.45) is 0 Å². The summed E-state index contributed by atoms with van der Waals surface area (Å²) in [5.74, 6) is -0.921. The Kier molecular flexibility index (Phi) is 6.71. The van der Waals surface area contributed by atoms with E-state index in [1.54, 1.807) is 18.2 Å². The fraction of sp³-hybridized carbons (Fsp3) is 0.533. The zero-order valence-corrected chi connectivity index (χ0v) is 12.4. The maximum Gasteiger partial charge on any atom is 0.337 e. The molecule has 0 saturated heterocycles. The molecule has 1 aromatic rings. The Morgan fingerprint density at radius 2 is 1.79 bits per heavy atom. The summed E-state index contributed by atoms with van der Waals surface area (Å²) in [4.78, 5) is 13.5. The van der Waals surface area contributed by atoms with Crippen LogP contribution in [0.15, 0.2) is 18.2 Å². The second-order valence-electron chi connectivity index (χ2n) is 4.64. The molecule has 1 aromatic carbocycles. The number of anilines is 1. The fourth-order valence-electron chi connectivity index (χ4n) is 2.04. The van der Waals surface area contributed by atoms with Crippen molar-refractivity contribution in [3.63, 3.8) is 0 Å². The highest BCUT2D eigenvalue weighted by atomic mass is 35.5. The van der Waals surface area contributed by atoms with Crippen molar-refractivity contribution in [2.75, 3.05) is 18.0 Å². The Bertz CT molecular complexity index is 413. The zero-order valence-electron chi connectivity index (χ0n) is 11.7. The van der Waals surface area contributed by atoms with Crippen LogP contribution >= 0.6 is 11.6 Å². The summed E-state index contributed by atoms with van der Waals surface area (Å²) in [6, 6.07) is 5.07. The number of halogens is 1. The van der Waals surface area contributed by atoms with Gasteiger partial charge in [0.2, 0.25) is 0 Å². The minimum atomic E-state index is -0.921. The molecule has 19 heavy (non-hydrogen) atoms. The molecular weight excluding hydrogens is 262 g/mol. The third kappa shape index (κ3) is 4.43. The van der Waals surface area contributed by atoms with E-state index in [-0.39, 0.29) is 0 Å². The van der Waals surface area contributed by atoms with E-state index in [2.05, 4.69) is 18.7 Å². The predicted octanol–water partition coefficient (Wildman–Crippen LogP) is 4.44. The van der Waals surface area contributed by atoms with Gasteiger partial charge in [-0.15, -0.1) is 0 Å². The number of hydrogen-bond acceptors (Lipinski definition) is 2. The first-order valence-corrected chi connectivity index (χ1v) is 7.26. The number of nitrogens with zero attached hydrogens (tertiary/aromatic N) is 1. The van der Waals surface area contributed by atoms with E-state index < -0.39 is 5.97 Å². The Balaban J connectivity index is 3.08. The standard InChI is InChI=1S/C15H22ClNO2/c1-3-5-10-17(11-6-4-2)14-12(15(18)19)8-7-9-13(14)16/h7-9H,3-6,10-11H2,1-2H3,(H,18,19). The quantitative estimate of drug-likeness (QED) is 0.766. The van der Waals surface area contributed by atoms with Gasteiger partial charge in [-0.3, -0.25) is 0 Å². The molecule has 3 nitrogen and oxygen atoms in total. The molecule has 0 saturated carbocycles. The van der Waals surface area contributed by atoms with Crippen LogP contribution in [0, 0.1) is 0 Å². The molecule has 0 radical (unpaired) electrons. The highest BCUT2D eigenvalue weighted by molar-refractivity contribution is 6.34. The maximum absolute atomic E-state index is 11.3.